The molecule has 2 N–H and O–H groups in total. The minimum Gasteiger partial charge on any atom is -0.364 e. The molecule has 4 saturated carbocycles. The molecule has 4 rings (SSSR count). The largest absolute Gasteiger partial charge is 0.364 e. The van der Waals surface area contributed by atoms with Crippen molar-refractivity contribution in [2.24, 2.45) is 17.8 Å². The quantitative estimate of drug-likeness (QED) is 0.737. The minimum absolute atomic E-state index is 0.0613. The van der Waals surface area contributed by atoms with E-state index in [1.165, 1.54) is 38.5 Å². The first kappa shape index (κ1) is 11.3. The number of ether oxygens (including phenoxy) is 1. The molecule has 0 aliphatic heterocycles. The third-order valence-electron chi connectivity index (χ3n) is 4.79. The maximum absolute atomic E-state index is 11.8. The highest BCUT2D eigenvalue weighted by Crippen LogP contribution is 2.55. The van der Waals surface area contributed by atoms with Crippen LogP contribution in [0.3, 0.4) is 0 Å². The molecule has 4 heteroatoms. The molecule has 2 amide bonds. The first-order chi connectivity index (χ1) is 8.19. The summed E-state index contributed by atoms with van der Waals surface area (Å²) in [5.41, 5.74) is 0.104. The number of nitrogens with one attached hydrogen (secondary N) is 2. The number of urea groups is 1. The van der Waals surface area contributed by atoms with Crippen LogP contribution in [0.1, 0.15) is 38.5 Å². The molecule has 4 aliphatic rings. The Labute approximate surface area is 102 Å². The molecular formula is C13H22N2O2. The van der Waals surface area contributed by atoms with Crippen LogP contribution in [0.25, 0.3) is 0 Å². The Balaban J connectivity index is 1.64. The second-order valence-electron chi connectivity index (χ2n) is 6.26. The molecule has 0 aromatic carbocycles. The lowest BCUT2D eigenvalue weighted by Gasteiger charge is -2.56. The Kier molecular flexibility index (Phi) is 2.77. The summed E-state index contributed by atoms with van der Waals surface area (Å²) in [7, 11) is 1.59. The van der Waals surface area contributed by atoms with Gasteiger partial charge in [0.2, 0.25) is 0 Å². The Morgan fingerprint density at radius 2 is 1.71 bits per heavy atom. The number of hydrogen-bond donors (Lipinski definition) is 2. The van der Waals surface area contributed by atoms with Gasteiger partial charge in [0, 0.05) is 12.6 Å². The maximum atomic E-state index is 11.8. The van der Waals surface area contributed by atoms with E-state index in [9.17, 15) is 4.79 Å². The van der Waals surface area contributed by atoms with Crippen LogP contribution in [0, 0.1) is 17.8 Å². The van der Waals surface area contributed by atoms with Crippen molar-refractivity contribution in [2.75, 3.05) is 13.8 Å². The molecule has 0 unspecified atom stereocenters. The van der Waals surface area contributed by atoms with Gasteiger partial charge in [0.05, 0.1) is 0 Å². The highest BCUT2D eigenvalue weighted by atomic mass is 16.5. The van der Waals surface area contributed by atoms with Crippen molar-refractivity contribution in [3.8, 4) is 0 Å². The molecule has 4 bridgehead atoms. The third kappa shape index (κ3) is 2.15. The van der Waals surface area contributed by atoms with Crippen LogP contribution in [-0.4, -0.2) is 25.4 Å². The number of hydrogen-bond acceptors (Lipinski definition) is 2. The summed E-state index contributed by atoms with van der Waals surface area (Å²) >= 11 is 0. The van der Waals surface area contributed by atoms with Gasteiger partial charge in [0.1, 0.15) is 6.73 Å². The van der Waals surface area contributed by atoms with Gasteiger partial charge in [-0.1, -0.05) is 0 Å². The lowest BCUT2D eigenvalue weighted by molar-refractivity contribution is -0.0139. The van der Waals surface area contributed by atoms with Crippen molar-refractivity contribution >= 4 is 6.03 Å². The van der Waals surface area contributed by atoms with E-state index in [0.29, 0.717) is 0 Å². The molecule has 0 spiro atoms. The lowest BCUT2D eigenvalue weighted by Crippen LogP contribution is -2.61. The van der Waals surface area contributed by atoms with Crippen molar-refractivity contribution in [1.29, 1.82) is 0 Å². The molecule has 0 aromatic rings. The van der Waals surface area contributed by atoms with Crippen molar-refractivity contribution in [3.05, 3.63) is 0 Å². The van der Waals surface area contributed by atoms with Crippen molar-refractivity contribution in [3.63, 3.8) is 0 Å². The van der Waals surface area contributed by atoms with Crippen LogP contribution in [-0.2, 0) is 4.74 Å². The molecule has 4 aliphatic carbocycles. The van der Waals surface area contributed by atoms with Crippen molar-refractivity contribution in [1.82, 2.24) is 10.6 Å². The van der Waals surface area contributed by atoms with Crippen LogP contribution < -0.4 is 10.6 Å². The van der Waals surface area contributed by atoms with Gasteiger partial charge in [-0.15, -0.1) is 0 Å². The molecule has 96 valence electrons. The fourth-order valence-electron chi connectivity index (χ4n) is 4.69. The van der Waals surface area contributed by atoms with E-state index in [4.69, 9.17) is 4.74 Å². The summed E-state index contributed by atoms with van der Waals surface area (Å²) < 4.78 is 4.86. The van der Waals surface area contributed by atoms with E-state index in [0.717, 1.165) is 17.8 Å². The van der Waals surface area contributed by atoms with Crippen LogP contribution in [0.15, 0.2) is 0 Å². The normalized spacial score (nSPS) is 42.5. The summed E-state index contributed by atoms with van der Waals surface area (Å²) in [5.74, 6) is 2.59. The Bertz CT molecular complexity index is 281. The second-order valence-corrected chi connectivity index (χ2v) is 6.26. The Hall–Kier alpha value is -0.770. The van der Waals surface area contributed by atoms with Gasteiger partial charge in [-0.3, -0.25) is 0 Å². The van der Waals surface area contributed by atoms with Crippen LogP contribution in [0.2, 0.25) is 0 Å². The monoisotopic (exact) mass is 238 g/mol. The molecular weight excluding hydrogens is 216 g/mol. The molecule has 4 fully saturated rings. The zero-order chi connectivity index (χ0) is 11.9. The molecule has 0 saturated heterocycles. The molecule has 17 heavy (non-hydrogen) atoms. The Morgan fingerprint density at radius 1 is 1.18 bits per heavy atom. The predicted octanol–water partition coefficient (Wildman–Crippen LogP) is 1.86. The topological polar surface area (TPSA) is 50.4 Å². The summed E-state index contributed by atoms with van der Waals surface area (Å²) in [5, 5.41) is 5.96. The lowest BCUT2D eigenvalue weighted by atomic mass is 9.53. The SMILES string of the molecule is COCNC(=O)NC12CC3CC(CC(C3)C1)C2. The van der Waals surface area contributed by atoms with Gasteiger partial charge in [-0.2, -0.15) is 0 Å². The summed E-state index contributed by atoms with van der Waals surface area (Å²) in [6.07, 6.45) is 7.79. The number of carbonyl (C=O) groups is 1. The van der Waals surface area contributed by atoms with Gasteiger partial charge < -0.3 is 15.4 Å². The zero-order valence-corrected chi connectivity index (χ0v) is 10.5. The average molecular weight is 238 g/mol. The standard InChI is InChI=1S/C13H22N2O2/c1-17-8-14-12(16)15-13-5-9-2-10(6-13)4-11(3-9)7-13/h9-11H,2-8H2,1H3,(H2,14,15,16). The molecule has 0 atom stereocenters. The summed E-state index contributed by atoms with van der Waals surface area (Å²) in [6.45, 7) is 0.290. The number of rotatable bonds is 3. The zero-order valence-electron chi connectivity index (χ0n) is 10.5. The molecule has 0 heterocycles. The summed E-state index contributed by atoms with van der Waals surface area (Å²) in [6, 6.07) is -0.0613. The summed E-state index contributed by atoms with van der Waals surface area (Å²) in [4.78, 5) is 11.8. The number of methoxy groups -OCH3 is 1. The van der Waals surface area contributed by atoms with Crippen LogP contribution >= 0.6 is 0 Å². The average Bonchev–Trinajstić information content (AvgIpc) is 2.23. The van der Waals surface area contributed by atoms with Gasteiger partial charge in [0.15, 0.2) is 0 Å². The van der Waals surface area contributed by atoms with Crippen LogP contribution in [0.5, 0.6) is 0 Å². The van der Waals surface area contributed by atoms with E-state index >= 15 is 0 Å². The molecule has 0 radical (unpaired) electrons. The van der Waals surface area contributed by atoms with E-state index in [2.05, 4.69) is 10.6 Å². The second kappa shape index (κ2) is 4.16. The highest BCUT2D eigenvalue weighted by molar-refractivity contribution is 5.74. The molecule has 0 aromatic heterocycles. The predicted molar refractivity (Wildman–Crippen MR) is 64.4 cm³/mol. The van der Waals surface area contributed by atoms with Gasteiger partial charge >= 0.3 is 6.03 Å². The first-order valence-electron chi connectivity index (χ1n) is 6.74. The fourth-order valence-corrected chi connectivity index (χ4v) is 4.69. The van der Waals surface area contributed by atoms with Gasteiger partial charge in [-0.25, -0.2) is 4.79 Å². The van der Waals surface area contributed by atoms with E-state index < -0.39 is 0 Å². The molecule has 4 nitrogen and oxygen atoms in total. The van der Waals surface area contributed by atoms with Crippen LogP contribution in [0.4, 0.5) is 4.79 Å². The highest BCUT2D eigenvalue weighted by Gasteiger charge is 2.51. The van der Waals surface area contributed by atoms with Gasteiger partial charge in [0.25, 0.3) is 0 Å². The fraction of sp³-hybridized carbons (Fsp3) is 0.923. The Morgan fingerprint density at radius 3 is 2.18 bits per heavy atom. The first-order valence-corrected chi connectivity index (χ1v) is 6.74. The number of amides is 2. The van der Waals surface area contributed by atoms with Gasteiger partial charge in [-0.05, 0) is 56.3 Å². The maximum Gasteiger partial charge on any atom is 0.317 e. The van der Waals surface area contributed by atoms with E-state index in [-0.39, 0.29) is 18.3 Å². The minimum atomic E-state index is -0.0613. The van der Waals surface area contributed by atoms with E-state index in [1.807, 2.05) is 0 Å². The number of carbonyl (C=O) groups excluding carboxylic acids is 1. The van der Waals surface area contributed by atoms with Crippen molar-refractivity contribution in [2.45, 2.75) is 44.1 Å². The third-order valence-corrected chi connectivity index (χ3v) is 4.79. The van der Waals surface area contributed by atoms with E-state index in [1.54, 1.807) is 7.11 Å². The van der Waals surface area contributed by atoms with Crippen molar-refractivity contribution < 1.29 is 9.53 Å². The smallest absolute Gasteiger partial charge is 0.317 e.